The van der Waals surface area contributed by atoms with Gasteiger partial charge in [-0.3, -0.25) is 9.78 Å². The van der Waals surface area contributed by atoms with E-state index in [9.17, 15) is 4.79 Å². The summed E-state index contributed by atoms with van der Waals surface area (Å²) in [7, 11) is 0. The molecule has 1 heterocycles. The van der Waals surface area contributed by atoms with Crippen LogP contribution >= 0.6 is 0 Å². The number of carbonyl (C=O) groups excluding carboxylic acids is 1. The summed E-state index contributed by atoms with van der Waals surface area (Å²) in [6, 6.07) is 10.9. The van der Waals surface area contributed by atoms with Crippen molar-refractivity contribution < 1.29 is 6.22 Å². The summed E-state index contributed by atoms with van der Waals surface area (Å²) in [4.78, 5) is 17.5. The quantitative estimate of drug-likeness (QED) is 0.719. The van der Waals surface area contributed by atoms with Gasteiger partial charge in [-0.05, 0) is 81.6 Å². The minimum absolute atomic E-state index is 0. The summed E-state index contributed by atoms with van der Waals surface area (Å²) >= 11 is 0. The molecule has 3 nitrogen and oxygen atoms in total. The molecule has 2 aromatic rings. The summed E-state index contributed by atoms with van der Waals surface area (Å²) in [6.45, 7) is 4.08. The van der Waals surface area contributed by atoms with E-state index >= 15 is 0 Å². The average Bonchev–Trinajstić information content (AvgIpc) is 2.74. The highest BCUT2D eigenvalue weighted by Crippen LogP contribution is 2.37. The fraction of sp³-hybridized carbons (Fsp3) is 0.440. The van der Waals surface area contributed by atoms with Crippen LogP contribution in [0.2, 0.25) is 0 Å². The van der Waals surface area contributed by atoms with Gasteiger partial charge in [0, 0.05) is 19.1 Å². The van der Waals surface area contributed by atoms with Crippen LogP contribution < -0.4 is 5.32 Å². The Balaban J connectivity index is 0.00000240. The van der Waals surface area contributed by atoms with Crippen molar-refractivity contribution in [3.05, 3.63) is 65.9 Å². The molecular weight excluding hydrogens is 344 g/mol. The molecule has 0 bridgehead atoms. The largest absolute Gasteiger partial charge is 0.353 e. The third-order valence-electron chi connectivity index (χ3n) is 6.47. The molecule has 0 radical (unpaired) electrons. The number of rotatable bonds is 4. The number of pyridine rings is 1. The van der Waals surface area contributed by atoms with Crippen LogP contribution in [0, 0.1) is 5.41 Å². The van der Waals surface area contributed by atoms with Gasteiger partial charge < -0.3 is 5.32 Å². The van der Waals surface area contributed by atoms with Gasteiger partial charge in [0.15, 0.2) is 0 Å². The van der Waals surface area contributed by atoms with Crippen LogP contribution in [-0.2, 0) is 4.79 Å². The number of para-hydroxylation sites is 1. The number of nitrogens with one attached hydrogen (secondary N) is 1. The first-order valence-electron chi connectivity index (χ1n) is 10.6. The van der Waals surface area contributed by atoms with Crippen molar-refractivity contribution in [2.45, 2.75) is 64.3 Å². The van der Waals surface area contributed by atoms with E-state index in [1.54, 1.807) is 0 Å². The summed E-state index contributed by atoms with van der Waals surface area (Å²) in [5.41, 5.74) is 3.17. The Morgan fingerprint density at radius 1 is 1.11 bits per heavy atom. The Kier molecular flexibility index (Phi) is 5.34. The van der Waals surface area contributed by atoms with Crippen LogP contribution in [0.1, 0.15) is 65.3 Å². The van der Waals surface area contributed by atoms with E-state index in [4.69, 9.17) is 0 Å². The maximum atomic E-state index is 13.0. The fourth-order valence-electron chi connectivity index (χ4n) is 4.60. The first kappa shape index (κ1) is 18.9. The molecule has 148 valence electrons. The molecule has 0 spiro atoms. The van der Waals surface area contributed by atoms with E-state index in [0.717, 1.165) is 49.6 Å². The third kappa shape index (κ3) is 3.76. The van der Waals surface area contributed by atoms with E-state index in [1.165, 1.54) is 10.9 Å². The third-order valence-corrected chi connectivity index (χ3v) is 6.47. The maximum absolute atomic E-state index is 13.0. The van der Waals surface area contributed by atoms with Crippen LogP contribution in [0.5, 0.6) is 0 Å². The lowest BCUT2D eigenvalue weighted by atomic mass is 9.78. The van der Waals surface area contributed by atoms with E-state index in [1.807, 2.05) is 26.1 Å². The van der Waals surface area contributed by atoms with E-state index in [2.05, 4.69) is 52.8 Å². The number of hydrogen-bond acceptors (Lipinski definition) is 2. The summed E-state index contributed by atoms with van der Waals surface area (Å²) in [6.07, 6.45) is 14.9. The molecule has 1 N–H and O–H groups in total. The highest BCUT2D eigenvalue weighted by Gasteiger charge is 2.33. The molecule has 0 unspecified atom stereocenters. The van der Waals surface area contributed by atoms with Crippen LogP contribution in [0.15, 0.2) is 60.3 Å². The number of benzene rings is 1. The number of amides is 1. The monoisotopic (exact) mass is 376 g/mol. The Hall–Kier alpha value is -2.42. The van der Waals surface area contributed by atoms with E-state index in [-0.39, 0.29) is 13.4 Å². The Morgan fingerprint density at radius 2 is 1.89 bits per heavy atom. The standard InChI is InChI=1S/C25H30N2O.H2/c1-25(2,19-8-4-3-5-9-19)24(28)27-20-14-12-18(13-15-20)21-16-17-26-23-11-7-6-10-22(21)23;/h4,6-11,16-18,20H,3,5,12-15H2,1-2H3,(H,27,28);1H. The first-order chi connectivity index (χ1) is 13.6. The fourth-order valence-corrected chi connectivity index (χ4v) is 4.60. The Labute approximate surface area is 169 Å². The SMILES string of the molecule is CC(C)(C(=O)NC1CCC(c2ccnc3ccccc23)CC1)C1=CCCC=C1.[HH]. The van der Waals surface area contributed by atoms with Crippen LogP contribution in [0.25, 0.3) is 10.9 Å². The smallest absolute Gasteiger partial charge is 0.230 e. The lowest BCUT2D eigenvalue weighted by Crippen LogP contribution is -2.45. The van der Waals surface area contributed by atoms with E-state index in [0.29, 0.717) is 5.92 Å². The molecule has 1 saturated carbocycles. The zero-order chi connectivity index (χ0) is 19.6. The lowest BCUT2D eigenvalue weighted by molar-refractivity contribution is -0.128. The molecule has 4 rings (SSSR count). The number of aromatic nitrogens is 1. The number of carbonyl (C=O) groups is 1. The zero-order valence-electron chi connectivity index (χ0n) is 16.9. The number of fused-ring (bicyclic) bond motifs is 1. The van der Waals surface area contributed by atoms with Gasteiger partial charge in [-0.2, -0.15) is 0 Å². The average molecular weight is 377 g/mol. The molecule has 3 heteroatoms. The second-order valence-corrected chi connectivity index (χ2v) is 8.70. The maximum Gasteiger partial charge on any atom is 0.230 e. The molecule has 0 atom stereocenters. The normalized spacial score (nSPS) is 22.7. The van der Waals surface area contributed by atoms with Crippen molar-refractivity contribution in [1.29, 1.82) is 0 Å². The molecular formula is C25H32N2O. The minimum Gasteiger partial charge on any atom is -0.353 e. The van der Waals surface area contributed by atoms with Crippen LogP contribution in [0.4, 0.5) is 0 Å². The van der Waals surface area contributed by atoms with Gasteiger partial charge in [-0.15, -0.1) is 0 Å². The molecule has 2 aliphatic carbocycles. The van der Waals surface area contributed by atoms with Gasteiger partial charge in [0.1, 0.15) is 0 Å². The topological polar surface area (TPSA) is 42.0 Å². The predicted molar refractivity (Wildman–Crippen MR) is 117 cm³/mol. The minimum atomic E-state index is -0.463. The summed E-state index contributed by atoms with van der Waals surface area (Å²) < 4.78 is 0. The molecule has 0 aliphatic heterocycles. The van der Waals surface area contributed by atoms with Crippen LogP contribution in [-0.4, -0.2) is 16.9 Å². The molecule has 1 aromatic heterocycles. The number of nitrogens with zero attached hydrogens (tertiary/aromatic N) is 1. The van der Waals surface area contributed by atoms with Crippen molar-refractivity contribution >= 4 is 16.8 Å². The van der Waals surface area contributed by atoms with Crippen molar-refractivity contribution in [3.63, 3.8) is 0 Å². The molecule has 1 aromatic carbocycles. The summed E-state index contributed by atoms with van der Waals surface area (Å²) in [5, 5.41) is 4.61. The lowest BCUT2D eigenvalue weighted by Gasteiger charge is -2.33. The highest BCUT2D eigenvalue weighted by molar-refractivity contribution is 5.86. The van der Waals surface area contributed by atoms with Gasteiger partial charge in [-0.1, -0.05) is 36.4 Å². The highest BCUT2D eigenvalue weighted by atomic mass is 16.2. The summed E-state index contributed by atoms with van der Waals surface area (Å²) in [5.74, 6) is 0.709. The van der Waals surface area contributed by atoms with Gasteiger partial charge >= 0.3 is 0 Å². The second kappa shape index (κ2) is 7.90. The first-order valence-corrected chi connectivity index (χ1v) is 10.6. The number of allylic oxidation sites excluding steroid dienone is 3. The van der Waals surface area contributed by atoms with Crippen LogP contribution in [0.3, 0.4) is 0 Å². The van der Waals surface area contributed by atoms with Gasteiger partial charge in [0.25, 0.3) is 0 Å². The van der Waals surface area contributed by atoms with Gasteiger partial charge in [0.2, 0.25) is 5.91 Å². The van der Waals surface area contributed by atoms with Crippen molar-refractivity contribution in [2.24, 2.45) is 5.41 Å². The van der Waals surface area contributed by atoms with E-state index < -0.39 is 5.41 Å². The number of hydrogen-bond donors (Lipinski definition) is 1. The molecule has 1 amide bonds. The predicted octanol–water partition coefficient (Wildman–Crippen LogP) is 5.93. The van der Waals surface area contributed by atoms with Crippen molar-refractivity contribution in [1.82, 2.24) is 10.3 Å². The van der Waals surface area contributed by atoms with Gasteiger partial charge in [-0.25, -0.2) is 0 Å². The molecule has 2 aliphatic rings. The van der Waals surface area contributed by atoms with Crippen molar-refractivity contribution in [2.75, 3.05) is 0 Å². The molecule has 28 heavy (non-hydrogen) atoms. The second-order valence-electron chi connectivity index (χ2n) is 8.70. The van der Waals surface area contributed by atoms with Gasteiger partial charge in [0.05, 0.1) is 10.9 Å². The Morgan fingerprint density at radius 3 is 2.64 bits per heavy atom. The molecule has 0 saturated heterocycles. The Bertz CT molecular complexity index is 918. The molecule has 1 fully saturated rings. The zero-order valence-corrected chi connectivity index (χ0v) is 16.9. The van der Waals surface area contributed by atoms with Crippen molar-refractivity contribution in [3.8, 4) is 0 Å².